The molecule has 0 bridgehead atoms. The molecule has 1 saturated heterocycles. The highest BCUT2D eigenvalue weighted by atomic mass is 35.5. The Balaban J connectivity index is 1.74. The van der Waals surface area contributed by atoms with E-state index in [1.165, 1.54) is 12.1 Å². The molecule has 0 atom stereocenters. The second-order valence-corrected chi connectivity index (χ2v) is 7.57. The smallest absolute Gasteiger partial charge is 0.407 e. The average Bonchev–Trinajstić information content (AvgIpc) is 2.54. The number of nitrogens with one attached hydrogen (secondary N) is 1. The van der Waals surface area contributed by atoms with Crippen LogP contribution in [-0.4, -0.2) is 48.2 Å². The SMILES string of the molecule is CC(C)(C)OC(=O)NC1CCN(C(=O)COc2ccc(Cl)c(F)c2)CC1. The van der Waals surface area contributed by atoms with Crippen molar-refractivity contribution in [2.24, 2.45) is 0 Å². The molecule has 144 valence electrons. The van der Waals surface area contributed by atoms with E-state index in [0.717, 1.165) is 6.07 Å². The molecule has 1 fully saturated rings. The third-order valence-corrected chi connectivity index (χ3v) is 4.13. The van der Waals surface area contributed by atoms with Gasteiger partial charge in [0.2, 0.25) is 0 Å². The lowest BCUT2D eigenvalue weighted by Gasteiger charge is -2.32. The molecule has 6 nitrogen and oxygen atoms in total. The number of piperidine rings is 1. The Morgan fingerprint density at radius 2 is 1.96 bits per heavy atom. The molecule has 2 rings (SSSR count). The first-order valence-corrected chi connectivity index (χ1v) is 8.87. The Morgan fingerprint density at radius 1 is 1.31 bits per heavy atom. The summed E-state index contributed by atoms with van der Waals surface area (Å²) in [6.45, 7) is 6.27. The summed E-state index contributed by atoms with van der Waals surface area (Å²) >= 11 is 5.61. The van der Waals surface area contributed by atoms with Crippen molar-refractivity contribution in [3.63, 3.8) is 0 Å². The number of amides is 2. The number of benzene rings is 1. The molecule has 1 aliphatic rings. The van der Waals surface area contributed by atoms with Gasteiger partial charge in [-0.25, -0.2) is 9.18 Å². The van der Waals surface area contributed by atoms with Gasteiger partial charge in [0.25, 0.3) is 5.91 Å². The lowest BCUT2D eigenvalue weighted by Crippen LogP contribution is -2.48. The van der Waals surface area contributed by atoms with Crippen LogP contribution in [0, 0.1) is 5.82 Å². The Kier molecular flexibility index (Phi) is 6.69. The number of likely N-dealkylation sites (tertiary alicyclic amines) is 1. The molecule has 0 saturated carbocycles. The number of halogens is 2. The number of hydrogen-bond acceptors (Lipinski definition) is 4. The van der Waals surface area contributed by atoms with Crippen LogP contribution in [0.3, 0.4) is 0 Å². The molecule has 8 heteroatoms. The minimum Gasteiger partial charge on any atom is -0.484 e. The Labute approximate surface area is 157 Å². The fraction of sp³-hybridized carbons (Fsp3) is 0.556. The van der Waals surface area contributed by atoms with Gasteiger partial charge in [-0.1, -0.05) is 11.6 Å². The van der Waals surface area contributed by atoms with Crippen LogP contribution >= 0.6 is 11.6 Å². The number of rotatable bonds is 4. The number of alkyl carbamates (subject to hydrolysis) is 1. The minimum absolute atomic E-state index is 0.00300. The number of nitrogens with zero attached hydrogens (tertiary/aromatic N) is 1. The molecule has 0 radical (unpaired) electrons. The van der Waals surface area contributed by atoms with Gasteiger partial charge in [-0.15, -0.1) is 0 Å². The fourth-order valence-electron chi connectivity index (χ4n) is 2.55. The highest BCUT2D eigenvalue weighted by Crippen LogP contribution is 2.20. The summed E-state index contributed by atoms with van der Waals surface area (Å²) < 4.78 is 23.9. The van der Waals surface area contributed by atoms with E-state index < -0.39 is 17.5 Å². The number of carbonyl (C=O) groups excluding carboxylic acids is 2. The van der Waals surface area contributed by atoms with E-state index in [1.807, 2.05) is 0 Å². The van der Waals surface area contributed by atoms with E-state index in [1.54, 1.807) is 25.7 Å². The number of ether oxygens (including phenoxy) is 2. The van der Waals surface area contributed by atoms with Gasteiger partial charge in [0.1, 0.15) is 17.2 Å². The van der Waals surface area contributed by atoms with Crippen LogP contribution in [0.5, 0.6) is 5.75 Å². The van der Waals surface area contributed by atoms with E-state index in [4.69, 9.17) is 21.1 Å². The molecule has 1 aromatic rings. The molecular formula is C18H24ClFN2O4. The largest absolute Gasteiger partial charge is 0.484 e. The minimum atomic E-state index is -0.592. The summed E-state index contributed by atoms with van der Waals surface area (Å²) in [5.74, 6) is -0.525. The van der Waals surface area contributed by atoms with Crippen LogP contribution in [0.2, 0.25) is 5.02 Å². The maximum Gasteiger partial charge on any atom is 0.407 e. The summed E-state index contributed by atoms with van der Waals surface area (Å²) in [5.41, 5.74) is -0.542. The first-order valence-electron chi connectivity index (χ1n) is 8.49. The van der Waals surface area contributed by atoms with E-state index in [2.05, 4.69) is 5.32 Å². The first-order chi connectivity index (χ1) is 12.1. The lowest BCUT2D eigenvalue weighted by molar-refractivity contribution is -0.134. The van der Waals surface area contributed by atoms with Crippen molar-refractivity contribution in [2.75, 3.05) is 19.7 Å². The standard InChI is InChI=1S/C18H24ClFN2O4/c1-18(2,3)26-17(24)21-12-6-8-22(9-7-12)16(23)11-25-13-4-5-14(19)15(20)10-13/h4-5,10,12H,6-9,11H2,1-3H3,(H,21,24). The molecule has 0 spiro atoms. The lowest BCUT2D eigenvalue weighted by atomic mass is 10.1. The monoisotopic (exact) mass is 386 g/mol. The molecule has 0 aromatic heterocycles. The molecule has 0 aliphatic carbocycles. The molecule has 2 amide bonds. The van der Waals surface area contributed by atoms with Gasteiger partial charge in [-0.2, -0.15) is 0 Å². The highest BCUT2D eigenvalue weighted by Gasteiger charge is 2.25. The third kappa shape index (κ3) is 6.37. The van der Waals surface area contributed by atoms with E-state index in [0.29, 0.717) is 25.9 Å². The zero-order valence-electron chi connectivity index (χ0n) is 15.2. The molecule has 1 N–H and O–H groups in total. The average molecular weight is 387 g/mol. The van der Waals surface area contributed by atoms with Gasteiger partial charge in [-0.05, 0) is 45.7 Å². The topological polar surface area (TPSA) is 67.9 Å². The Morgan fingerprint density at radius 3 is 2.54 bits per heavy atom. The predicted molar refractivity (Wildman–Crippen MR) is 95.9 cm³/mol. The van der Waals surface area contributed by atoms with Crippen molar-refractivity contribution in [3.05, 3.63) is 29.0 Å². The first kappa shape index (κ1) is 20.3. The summed E-state index contributed by atoms with van der Waals surface area (Å²) in [6, 6.07) is 4.01. The quantitative estimate of drug-likeness (QED) is 0.861. The van der Waals surface area contributed by atoms with Gasteiger partial charge >= 0.3 is 6.09 Å². The van der Waals surface area contributed by atoms with Gasteiger partial charge < -0.3 is 19.7 Å². The fourth-order valence-corrected chi connectivity index (χ4v) is 2.67. The zero-order chi connectivity index (χ0) is 19.3. The number of carbonyl (C=O) groups is 2. The van der Waals surface area contributed by atoms with Crippen LogP contribution in [0.1, 0.15) is 33.6 Å². The summed E-state index contributed by atoms with van der Waals surface area (Å²) in [4.78, 5) is 25.7. The van der Waals surface area contributed by atoms with Crippen molar-refractivity contribution in [1.82, 2.24) is 10.2 Å². The maximum absolute atomic E-state index is 13.4. The van der Waals surface area contributed by atoms with Gasteiger partial charge in [0.05, 0.1) is 5.02 Å². The molecule has 1 aliphatic heterocycles. The summed E-state index contributed by atoms with van der Waals surface area (Å²) in [5, 5.41) is 2.82. The maximum atomic E-state index is 13.4. The van der Waals surface area contributed by atoms with Gasteiger partial charge in [0.15, 0.2) is 6.61 Å². The second-order valence-electron chi connectivity index (χ2n) is 7.17. The van der Waals surface area contributed by atoms with Crippen molar-refractivity contribution < 1.29 is 23.5 Å². The van der Waals surface area contributed by atoms with Crippen molar-refractivity contribution in [2.45, 2.75) is 45.3 Å². The Bertz CT molecular complexity index is 655. The highest BCUT2D eigenvalue weighted by molar-refractivity contribution is 6.30. The van der Waals surface area contributed by atoms with Crippen molar-refractivity contribution >= 4 is 23.6 Å². The van der Waals surface area contributed by atoms with Gasteiger partial charge in [-0.3, -0.25) is 4.79 Å². The molecular weight excluding hydrogens is 363 g/mol. The van der Waals surface area contributed by atoms with Crippen LogP contribution < -0.4 is 10.1 Å². The molecule has 26 heavy (non-hydrogen) atoms. The van der Waals surface area contributed by atoms with E-state index >= 15 is 0 Å². The van der Waals surface area contributed by atoms with Crippen LogP contribution in [0.25, 0.3) is 0 Å². The molecule has 0 unspecified atom stereocenters. The zero-order valence-corrected chi connectivity index (χ0v) is 15.9. The second kappa shape index (κ2) is 8.58. The molecule has 1 aromatic carbocycles. The van der Waals surface area contributed by atoms with Crippen LogP contribution in [0.4, 0.5) is 9.18 Å². The van der Waals surface area contributed by atoms with E-state index in [9.17, 15) is 14.0 Å². The summed E-state index contributed by atoms with van der Waals surface area (Å²) in [7, 11) is 0. The Hall–Kier alpha value is -2.02. The summed E-state index contributed by atoms with van der Waals surface area (Å²) in [6.07, 6.45) is 0.830. The van der Waals surface area contributed by atoms with Gasteiger partial charge in [0, 0.05) is 25.2 Å². The van der Waals surface area contributed by atoms with Crippen molar-refractivity contribution in [3.8, 4) is 5.75 Å². The third-order valence-electron chi connectivity index (χ3n) is 3.82. The van der Waals surface area contributed by atoms with E-state index in [-0.39, 0.29) is 29.3 Å². The van der Waals surface area contributed by atoms with Crippen LogP contribution in [0.15, 0.2) is 18.2 Å². The molecule has 1 heterocycles. The van der Waals surface area contributed by atoms with Crippen LogP contribution in [-0.2, 0) is 9.53 Å². The number of hydrogen-bond donors (Lipinski definition) is 1. The van der Waals surface area contributed by atoms with Crippen molar-refractivity contribution in [1.29, 1.82) is 0 Å². The predicted octanol–water partition coefficient (Wildman–Crippen LogP) is 3.37. The normalized spacial score (nSPS) is 15.5.